The Hall–Kier alpha value is -3.30. The van der Waals surface area contributed by atoms with Crippen molar-refractivity contribution < 1.29 is 23.9 Å². The molecule has 0 saturated heterocycles. The molecular weight excluding hydrogens is 286 g/mol. The molecule has 0 spiro atoms. The van der Waals surface area contributed by atoms with E-state index in [1.807, 2.05) is 0 Å². The maximum absolute atomic E-state index is 11.7. The van der Waals surface area contributed by atoms with E-state index in [0.29, 0.717) is 0 Å². The molecule has 0 N–H and O–H groups in total. The normalized spacial score (nSPS) is 10.1. The van der Waals surface area contributed by atoms with Gasteiger partial charge in [-0.15, -0.1) is 0 Å². The summed E-state index contributed by atoms with van der Waals surface area (Å²) in [5.74, 6) is -2.33. The molecule has 10 nitrogen and oxygen atoms in total. The Morgan fingerprint density at radius 1 is 1.24 bits per heavy atom. The predicted octanol–water partition coefficient (Wildman–Crippen LogP) is 1.94. The third-order valence-corrected chi connectivity index (χ3v) is 2.58. The lowest BCUT2D eigenvalue weighted by Gasteiger charge is -2.00. The monoisotopic (exact) mass is 293 g/mol. The Morgan fingerprint density at radius 3 is 2.48 bits per heavy atom. The largest absolute Gasteiger partial charge is 0.465 e. The Bertz CT molecular complexity index is 737. The second-order valence-corrected chi connectivity index (χ2v) is 3.73. The van der Waals surface area contributed by atoms with Crippen LogP contribution in [-0.2, 0) is 4.74 Å². The number of aromatic nitrogens is 1. The van der Waals surface area contributed by atoms with Crippen LogP contribution in [0.25, 0.3) is 11.3 Å². The summed E-state index contributed by atoms with van der Waals surface area (Å²) in [5.41, 5.74) is -1.06. The molecule has 108 valence electrons. The summed E-state index contributed by atoms with van der Waals surface area (Å²) < 4.78 is 9.19. The molecule has 0 aliphatic rings. The summed E-state index contributed by atoms with van der Waals surface area (Å²) in [6, 6.07) is 5.32. The number of carbonyl (C=O) groups excluding carboxylic acids is 1. The molecule has 0 aliphatic heterocycles. The zero-order valence-electron chi connectivity index (χ0n) is 10.5. The van der Waals surface area contributed by atoms with E-state index in [1.165, 1.54) is 24.3 Å². The Balaban J connectivity index is 2.74. The number of nitrogens with zero attached hydrogens (tertiary/aromatic N) is 3. The summed E-state index contributed by atoms with van der Waals surface area (Å²) in [7, 11) is 1.02. The van der Waals surface area contributed by atoms with Crippen molar-refractivity contribution >= 4 is 17.5 Å². The molecule has 0 fully saturated rings. The van der Waals surface area contributed by atoms with Gasteiger partial charge in [0.1, 0.15) is 5.56 Å². The summed E-state index contributed by atoms with van der Waals surface area (Å²) in [6.45, 7) is 0. The number of esters is 1. The molecule has 21 heavy (non-hydrogen) atoms. The van der Waals surface area contributed by atoms with E-state index in [1.54, 1.807) is 0 Å². The number of para-hydroxylation sites is 1. The van der Waals surface area contributed by atoms with Gasteiger partial charge in [-0.05, 0) is 11.0 Å². The minimum Gasteiger partial charge on any atom is -0.465 e. The standard InChI is InChI=1S/C11H7N3O7/c1-20-11(15)8-9(21-12-10(8)14(18)19)6-4-2-3-5-7(6)13(16)17/h2-5H,1H3. The number of carbonyl (C=O) groups is 1. The van der Waals surface area contributed by atoms with Crippen molar-refractivity contribution in [1.82, 2.24) is 5.16 Å². The number of hydrogen-bond acceptors (Lipinski definition) is 8. The van der Waals surface area contributed by atoms with E-state index in [9.17, 15) is 25.0 Å². The summed E-state index contributed by atoms with van der Waals surface area (Å²) >= 11 is 0. The Morgan fingerprint density at radius 2 is 1.90 bits per heavy atom. The topological polar surface area (TPSA) is 139 Å². The van der Waals surface area contributed by atoms with Crippen molar-refractivity contribution in [3.05, 3.63) is 50.1 Å². The van der Waals surface area contributed by atoms with E-state index in [4.69, 9.17) is 4.52 Å². The fourth-order valence-corrected chi connectivity index (χ4v) is 1.70. The number of ether oxygens (including phenoxy) is 1. The molecule has 0 unspecified atom stereocenters. The van der Waals surface area contributed by atoms with Crippen LogP contribution in [0.1, 0.15) is 10.4 Å². The molecule has 0 saturated carbocycles. The quantitative estimate of drug-likeness (QED) is 0.473. The molecule has 1 heterocycles. The predicted molar refractivity (Wildman–Crippen MR) is 66.6 cm³/mol. The van der Waals surface area contributed by atoms with Gasteiger partial charge in [-0.3, -0.25) is 14.6 Å². The van der Waals surface area contributed by atoms with Gasteiger partial charge in [0.25, 0.3) is 5.69 Å². The van der Waals surface area contributed by atoms with Gasteiger partial charge in [0.15, 0.2) is 5.16 Å². The van der Waals surface area contributed by atoms with Crippen LogP contribution < -0.4 is 0 Å². The highest BCUT2D eigenvalue weighted by molar-refractivity contribution is 6.00. The Kier molecular flexibility index (Phi) is 3.61. The van der Waals surface area contributed by atoms with E-state index in [0.717, 1.165) is 7.11 Å². The summed E-state index contributed by atoms with van der Waals surface area (Å²) in [5, 5.41) is 25.0. The second kappa shape index (κ2) is 5.36. The van der Waals surface area contributed by atoms with Crippen LogP contribution in [0.3, 0.4) is 0 Å². The fourth-order valence-electron chi connectivity index (χ4n) is 1.70. The Labute approximate surface area is 116 Å². The first-order chi connectivity index (χ1) is 9.97. The molecule has 0 aliphatic carbocycles. The smallest absolute Gasteiger partial charge is 0.428 e. The molecule has 0 amide bonds. The maximum Gasteiger partial charge on any atom is 0.428 e. The molecular formula is C11H7N3O7. The average Bonchev–Trinajstić information content (AvgIpc) is 2.91. The molecule has 1 aromatic carbocycles. The van der Waals surface area contributed by atoms with Gasteiger partial charge < -0.3 is 14.9 Å². The average molecular weight is 293 g/mol. The van der Waals surface area contributed by atoms with Crippen molar-refractivity contribution in [3.8, 4) is 11.3 Å². The number of nitro groups is 2. The van der Waals surface area contributed by atoms with E-state index in [2.05, 4.69) is 9.89 Å². The zero-order chi connectivity index (χ0) is 15.6. The van der Waals surface area contributed by atoms with Crippen molar-refractivity contribution in [2.75, 3.05) is 7.11 Å². The van der Waals surface area contributed by atoms with Crippen LogP contribution in [0.15, 0.2) is 28.8 Å². The van der Waals surface area contributed by atoms with E-state index in [-0.39, 0.29) is 17.0 Å². The number of methoxy groups -OCH3 is 1. The molecule has 2 rings (SSSR count). The minimum absolute atomic E-state index is 0.108. The van der Waals surface area contributed by atoms with Gasteiger partial charge >= 0.3 is 11.8 Å². The third-order valence-electron chi connectivity index (χ3n) is 2.58. The maximum atomic E-state index is 11.7. The lowest BCUT2D eigenvalue weighted by atomic mass is 10.1. The molecule has 0 bridgehead atoms. The SMILES string of the molecule is COC(=O)c1c([N+](=O)[O-])noc1-c1ccccc1[N+](=O)[O-]. The molecule has 1 aromatic heterocycles. The van der Waals surface area contributed by atoms with Crippen molar-refractivity contribution in [2.24, 2.45) is 0 Å². The van der Waals surface area contributed by atoms with Gasteiger partial charge in [-0.25, -0.2) is 4.79 Å². The van der Waals surface area contributed by atoms with Crippen molar-refractivity contribution in [1.29, 1.82) is 0 Å². The van der Waals surface area contributed by atoms with Gasteiger partial charge in [-0.2, -0.15) is 0 Å². The molecule has 0 atom stereocenters. The van der Waals surface area contributed by atoms with Crippen LogP contribution in [0, 0.1) is 20.2 Å². The van der Waals surface area contributed by atoms with Crippen molar-refractivity contribution in [3.63, 3.8) is 0 Å². The highest BCUT2D eigenvalue weighted by Crippen LogP contribution is 2.36. The second-order valence-electron chi connectivity index (χ2n) is 3.73. The third kappa shape index (κ3) is 2.41. The first-order valence-corrected chi connectivity index (χ1v) is 5.43. The molecule has 0 radical (unpaired) electrons. The summed E-state index contributed by atoms with van der Waals surface area (Å²) in [6.07, 6.45) is 0. The fraction of sp³-hybridized carbons (Fsp3) is 0.0909. The lowest BCUT2D eigenvalue weighted by molar-refractivity contribution is -0.391. The first-order valence-electron chi connectivity index (χ1n) is 5.43. The number of rotatable bonds is 4. The van der Waals surface area contributed by atoms with Crippen molar-refractivity contribution in [2.45, 2.75) is 0 Å². The highest BCUT2D eigenvalue weighted by Gasteiger charge is 2.36. The van der Waals surface area contributed by atoms with Crippen LogP contribution in [0.5, 0.6) is 0 Å². The lowest BCUT2D eigenvalue weighted by Crippen LogP contribution is -2.05. The zero-order valence-corrected chi connectivity index (χ0v) is 10.5. The van der Waals surface area contributed by atoms with E-state index >= 15 is 0 Å². The molecule has 10 heteroatoms. The van der Waals surface area contributed by atoms with Gasteiger partial charge in [-0.1, -0.05) is 12.1 Å². The number of hydrogen-bond donors (Lipinski definition) is 0. The van der Waals surface area contributed by atoms with Gasteiger partial charge in [0.05, 0.1) is 12.0 Å². The van der Waals surface area contributed by atoms with Crippen LogP contribution in [-0.4, -0.2) is 28.1 Å². The highest BCUT2D eigenvalue weighted by atomic mass is 16.6. The number of benzene rings is 1. The first kappa shape index (κ1) is 14.1. The van der Waals surface area contributed by atoms with Gasteiger partial charge in [0.2, 0.25) is 11.3 Å². The van der Waals surface area contributed by atoms with Crippen LogP contribution in [0.2, 0.25) is 0 Å². The van der Waals surface area contributed by atoms with Crippen LogP contribution in [0.4, 0.5) is 11.5 Å². The summed E-state index contributed by atoms with van der Waals surface area (Å²) in [4.78, 5) is 31.9. The van der Waals surface area contributed by atoms with Gasteiger partial charge in [0, 0.05) is 6.07 Å². The van der Waals surface area contributed by atoms with E-state index < -0.39 is 27.2 Å². The number of nitro benzene ring substituents is 1. The van der Waals surface area contributed by atoms with Crippen LogP contribution >= 0.6 is 0 Å². The minimum atomic E-state index is -1.07. The molecule has 2 aromatic rings.